The van der Waals surface area contributed by atoms with Gasteiger partial charge in [-0.3, -0.25) is 19.7 Å². The third kappa shape index (κ3) is 4.55. The van der Waals surface area contributed by atoms with Crippen molar-refractivity contribution >= 4 is 17.6 Å². The van der Waals surface area contributed by atoms with Gasteiger partial charge in [0.2, 0.25) is 0 Å². The minimum absolute atomic E-state index is 0.0495. The molecule has 1 unspecified atom stereocenters. The SMILES string of the molecule is CCCC(CC(=O)O)NC(=O)c1cccc(C)c1[N+](=O)[O-]. The van der Waals surface area contributed by atoms with E-state index in [-0.39, 0.29) is 17.7 Å². The number of rotatable bonds is 7. The van der Waals surface area contributed by atoms with Crippen LogP contribution in [-0.4, -0.2) is 27.9 Å². The summed E-state index contributed by atoms with van der Waals surface area (Å²) in [7, 11) is 0. The van der Waals surface area contributed by atoms with Gasteiger partial charge in [-0.05, 0) is 19.4 Å². The number of hydrogen-bond donors (Lipinski definition) is 2. The van der Waals surface area contributed by atoms with Crippen LogP contribution in [0, 0.1) is 17.0 Å². The summed E-state index contributed by atoms with van der Waals surface area (Å²) < 4.78 is 0. The highest BCUT2D eigenvalue weighted by molar-refractivity contribution is 5.99. The molecule has 1 atom stereocenters. The van der Waals surface area contributed by atoms with Crippen molar-refractivity contribution in [1.29, 1.82) is 0 Å². The molecule has 0 aliphatic rings. The zero-order chi connectivity index (χ0) is 16.0. The van der Waals surface area contributed by atoms with Gasteiger partial charge in [0, 0.05) is 11.6 Å². The van der Waals surface area contributed by atoms with E-state index < -0.39 is 22.8 Å². The summed E-state index contributed by atoms with van der Waals surface area (Å²) in [5.74, 6) is -1.64. The van der Waals surface area contributed by atoms with Crippen LogP contribution in [0.4, 0.5) is 5.69 Å². The number of aryl methyl sites for hydroxylation is 1. The molecule has 7 heteroatoms. The van der Waals surface area contributed by atoms with Crippen molar-refractivity contribution in [2.75, 3.05) is 0 Å². The Balaban J connectivity index is 3.00. The van der Waals surface area contributed by atoms with Gasteiger partial charge in [-0.15, -0.1) is 0 Å². The molecule has 1 aromatic rings. The molecule has 21 heavy (non-hydrogen) atoms. The van der Waals surface area contributed by atoms with E-state index in [0.717, 1.165) is 0 Å². The van der Waals surface area contributed by atoms with Crippen LogP contribution in [-0.2, 0) is 4.79 Å². The molecule has 0 radical (unpaired) electrons. The number of amides is 1. The maximum Gasteiger partial charge on any atom is 0.305 e. The number of hydrogen-bond acceptors (Lipinski definition) is 4. The first-order valence-corrected chi connectivity index (χ1v) is 6.63. The molecule has 2 N–H and O–H groups in total. The van der Waals surface area contributed by atoms with Crippen LogP contribution >= 0.6 is 0 Å². The molecule has 0 saturated heterocycles. The lowest BCUT2D eigenvalue weighted by molar-refractivity contribution is -0.385. The van der Waals surface area contributed by atoms with Crippen molar-refractivity contribution in [2.24, 2.45) is 0 Å². The van der Waals surface area contributed by atoms with Crippen LogP contribution < -0.4 is 5.32 Å². The van der Waals surface area contributed by atoms with E-state index in [1.54, 1.807) is 19.1 Å². The molecule has 0 saturated carbocycles. The highest BCUT2D eigenvalue weighted by atomic mass is 16.6. The third-order valence-electron chi connectivity index (χ3n) is 3.06. The maximum absolute atomic E-state index is 12.2. The Morgan fingerprint density at radius 2 is 2.10 bits per heavy atom. The number of nitro benzene ring substituents is 1. The first-order valence-electron chi connectivity index (χ1n) is 6.63. The van der Waals surface area contributed by atoms with Crippen LogP contribution in [0.5, 0.6) is 0 Å². The van der Waals surface area contributed by atoms with Gasteiger partial charge >= 0.3 is 5.97 Å². The van der Waals surface area contributed by atoms with E-state index in [1.807, 2.05) is 6.92 Å². The van der Waals surface area contributed by atoms with Crippen molar-refractivity contribution in [1.82, 2.24) is 5.32 Å². The summed E-state index contributed by atoms with van der Waals surface area (Å²) in [5.41, 5.74) is 0.0880. The predicted octanol–water partition coefficient (Wildman–Crippen LogP) is 2.28. The van der Waals surface area contributed by atoms with Crippen molar-refractivity contribution in [3.8, 4) is 0 Å². The minimum Gasteiger partial charge on any atom is -0.481 e. The van der Waals surface area contributed by atoms with Gasteiger partial charge in [-0.1, -0.05) is 25.5 Å². The first kappa shape index (κ1) is 16.6. The van der Waals surface area contributed by atoms with Crippen molar-refractivity contribution in [2.45, 2.75) is 39.2 Å². The predicted molar refractivity (Wildman–Crippen MR) is 76.2 cm³/mol. The number of carbonyl (C=O) groups is 2. The summed E-state index contributed by atoms with van der Waals surface area (Å²) in [4.78, 5) is 33.4. The van der Waals surface area contributed by atoms with E-state index in [0.29, 0.717) is 18.4 Å². The topological polar surface area (TPSA) is 110 Å². The molecular formula is C14H18N2O5. The van der Waals surface area contributed by atoms with Gasteiger partial charge in [0.25, 0.3) is 11.6 Å². The molecule has 0 aliphatic heterocycles. The molecule has 0 fully saturated rings. The van der Waals surface area contributed by atoms with Gasteiger partial charge in [0.1, 0.15) is 5.56 Å². The lowest BCUT2D eigenvalue weighted by Crippen LogP contribution is -2.36. The second-order valence-electron chi connectivity index (χ2n) is 4.79. The molecule has 0 aliphatic carbocycles. The van der Waals surface area contributed by atoms with Crippen molar-refractivity contribution in [3.63, 3.8) is 0 Å². The normalized spacial score (nSPS) is 11.7. The van der Waals surface area contributed by atoms with E-state index in [1.165, 1.54) is 6.07 Å². The van der Waals surface area contributed by atoms with Crippen LogP contribution in [0.2, 0.25) is 0 Å². The highest BCUT2D eigenvalue weighted by Crippen LogP contribution is 2.23. The number of nitrogens with one attached hydrogen (secondary N) is 1. The maximum atomic E-state index is 12.2. The summed E-state index contributed by atoms with van der Waals surface area (Å²) in [6, 6.07) is 3.93. The number of benzene rings is 1. The molecule has 1 amide bonds. The first-order chi connectivity index (χ1) is 9.86. The van der Waals surface area contributed by atoms with Crippen LogP contribution in [0.1, 0.15) is 42.1 Å². The van der Waals surface area contributed by atoms with E-state index in [2.05, 4.69) is 5.32 Å². The fourth-order valence-corrected chi connectivity index (χ4v) is 2.13. The quantitative estimate of drug-likeness (QED) is 0.592. The standard InChI is InChI=1S/C14H18N2O5/c1-3-5-10(8-12(17)18)15-14(19)11-7-4-6-9(2)13(11)16(20)21/h4,6-7,10H,3,5,8H2,1-2H3,(H,15,19)(H,17,18). The molecule has 0 heterocycles. The minimum atomic E-state index is -1.02. The summed E-state index contributed by atoms with van der Waals surface area (Å²) in [5, 5.41) is 22.5. The lowest BCUT2D eigenvalue weighted by Gasteiger charge is -2.16. The fraction of sp³-hybridized carbons (Fsp3) is 0.429. The Morgan fingerprint density at radius 1 is 1.43 bits per heavy atom. The Bertz CT molecular complexity index is 556. The lowest BCUT2D eigenvalue weighted by atomic mass is 10.0. The van der Waals surface area contributed by atoms with Gasteiger partial charge in [-0.2, -0.15) is 0 Å². The number of carboxylic acids is 1. The molecule has 114 valence electrons. The average molecular weight is 294 g/mol. The largest absolute Gasteiger partial charge is 0.481 e. The Kier molecular flexibility index (Phi) is 5.83. The second kappa shape index (κ2) is 7.37. The number of carbonyl (C=O) groups excluding carboxylic acids is 1. The van der Waals surface area contributed by atoms with Crippen LogP contribution in [0.3, 0.4) is 0 Å². The Hall–Kier alpha value is -2.44. The molecule has 1 aromatic carbocycles. The molecule has 0 spiro atoms. The van der Waals surface area contributed by atoms with Crippen LogP contribution in [0.25, 0.3) is 0 Å². The third-order valence-corrected chi connectivity index (χ3v) is 3.06. The fourth-order valence-electron chi connectivity index (χ4n) is 2.13. The van der Waals surface area contributed by atoms with Crippen molar-refractivity contribution < 1.29 is 19.6 Å². The van der Waals surface area contributed by atoms with Crippen LogP contribution in [0.15, 0.2) is 18.2 Å². The van der Waals surface area contributed by atoms with E-state index in [9.17, 15) is 19.7 Å². The molecular weight excluding hydrogens is 276 g/mol. The zero-order valence-corrected chi connectivity index (χ0v) is 12.0. The molecule has 0 aromatic heterocycles. The molecule has 0 bridgehead atoms. The number of para-hydroxylation sites is 1. The highest BCUT2D eigenvalue weighted by Gasteiger charge is 2.24. The zero-order valence-electron chi connectivity index (χ0n) is 12.0. The van der Waals surface area contributed by atoms with Gasteiger partial charge in [-0.25, -0.2) is 0 Å². The second-order valence-corrected chi connectivity index (χ2v) is 4.79. The summed E-state index contributed by atoms with van der Waals surface area (Å²) in [6.45, 7) is 3.42. The monoisotopic (exact) mass is 294 g/mol. The number of carboxylic acid groups (broad SMARTS) is 1. The molecule has 1 rings (SSSR count). The number of nitrogens with zero attached hydrogens (tertiary/aromatic N) is 1. The molecule has 7 nitrogen and oxygen atoms in total. The van der Waals surface area contributed by atoms with Gasteiger partial charge < -0.3 is 10.4 Å². The summed E-state index contributed by atoms with van der Waals surface area (Å²) >= 11 is 0. The number of nitro groups is 1. The van der Waals surface area contributed by atoms with E-state index >= 15 is 0 Å². The Morgan fingerprint density at radius 3 is 2.62 bits per heavy atom. The summed E-state index contributed by atoms with van der Waals surface area (Å²) in [6.07, 6.45) is 0.991. The smallest absolute Gasteiger partial charge is 0.305 e. The average Bonchev–Trinajstić information content (AvgIpc) is 2.37. The van der Waals surface area contributed by atoms with Crippen molar-refractivity contribution in [3.05, 3.63) is 39.4 Å². The van der Waals surface area contributed by atoms with E-state index in [4.69, 9.17) is 5.11 Å². The Labute approximate surface area is 122 Å². The van der Waals surface area contributed by atoms with Gasteiger partial charge in [0.15, 0.2) is 0 Å². The number of aliphatic carboxylic acids is 1. The van der Waals surface area contributed by atoms with Gasteiger partial charge in [0.05, 0.1) is 11.3 Å².